The molecule has 0 aliphatic rings. The van der Waals surface area contributed by atoms with Crippen molar-refractivity contribution in [1.82, 2.24) is 4.90 Å². The minimum Gasteiger partial charge on any atom is -0.397 e. The van der Waals surface area contributed by atoms with Crippen molar-refractivity contribution in [3.05, 3.63) is 24.0 Å². The average Bonchev–Trinajstić information content (AvgIpc) is 2.28. The molecule has 0 saturated heterocycles. The first kappa shape index (κ1) is 16.4. The van der Waals surface area contributed by atoms with Gasteiger partial charge in [0, 0.05) is 19.5 Å². The number of benzene rings is 1. The van der Waals surface area contributed by atoms with Crippen LogP contribution in [0.15, 0.2) is 18.2 Å². The van der Waals surface area contributed by atoms with Gasteiger partial charge in [-0.3, -0.25) is 4.79 Å². The predicted octanol–water partition coefficient (Wildman–Crippen LogP) is 1.44. The number of anilines is 2. The normalized spacial score (nSPS) is 11.7. The second-order valence-electron chi connectivity index (χ2n) is 5.58. The zero-order valence-corrected chi connectivity index (χ0v) is 12.1. The first-order valence-electron chi connectivity index (χ1n) is 6.43. The third-order valence-electron chi connectivity index (χ3n) is 2.67. The molecular formula is C14H22FN3O2. The first-order valence-corrected chi connectivity index (χ1v) is 6.43. The third-order valence-corrected chi connectivity index (χ3v) is 2.67. The van der Waals surface area contributed by atoms with Gasteiger partial charge in [-0.1, -0.05) is 0 Å². The van der Waals surface area contributed by atoms with Gasteiger partial charge in [-0.25, -0.2) is 4.39 Å². The molecule has 0 atom stereocenters. The Labute approximate surface area is 118 Å². The van der Waals surface area contributed by atoms with Crippen LogP contribution in [0, 0.1) is 5.82 Å². The molecule has 0 bridgehead atoms. The van der Waals surface area contributed by atoms with Gasteiger partial charge >= 0.3 is 0 Å². The van der Waals surface area contributed by atoms with Gasteiger partial charge in [0.2, 0.25) is 5.91 Å². The van der Waals surface area contributed by atoms with E-state index < -0.39 is 11.4 Å². The summed E-state index contributed by atoms with van der Waals surface area (Å²) in [4.78, 5) is 13.6. The van der Waals surface area contributed by atoms with Crippen molar-refractivity contribution < 1.29 is 14.3 Å². The van der Waals surface area contributed by atoms with Crippen molar-refractivity contribution in [3.8, 4) is 0 Å². The molecule has 6 heteroatoms. The Hall–Kier alpha value is -1.66. The molecule has 20 heavy (non-hydrogen) atoms. The third kappa shape index (κ3) is 5.99. The quantitative estimate of drug-likeness (QED) is 0.690. The molecule has 0 spiro atoms. The Morgan fingerprint density at radius 1 is 1.50 bits per heavy atom. The number of halogens is 1. The molecule has 1 aromatic rings. The SMILES string of the molecule is CN(CCC(=O)Nc1ccc(F)cc1N)CC(C)(C)O. The fourth-order valence-electron chi connectivity index (χ4n) is 1.89. The molecule has 0 saturated carbocycles. The second kappa shape index (κ2) is 6.67. The number of carbonyl (C=O) groups is 1. The fraction of sp³-hybridized carbons (Fsp3) is 0.500. The average molecular weight is 283 g/mol. The van der Waals surface area contributed by atoms with Crippen molar-refractivity contribution in [3.63, 3.8) is 0 Å². The van der Waals surface area contributed by atoms with E-state index in [1.807, 2.05) is 11.9 Å². The van der Waals surface area contributed by atoms with Gasteiger partial charge < -0.3 is 21.1 Å². The van der Waals surface area contributed by atoms with E-state index in [0.717, 1.165) is 6.07 Å². The van der Waals surface area contributed by atoms with Crippen LogP contribution in [0.25, 0.3) is 0 Å². The largest absolute Gasteiger partial charge is 0.397 e. The molecule has 1 amide bonds. The molecule has 1 rings (SSSR count). The number of amides is 1. The molecule has 0 heterocycles. The molecule has 1 aromatic carbocycles. The highest BCUT2D eigenvalue weighted by atomic mass is 19.1. The zero-order valence-electron chi connectivity index (χ0n) is 12.1. The van der Waals surface area contributed by atoms with E-state index in [4.69, 9.17) is 5.73 Å². The zero-order chi connectivity index (χ0) is 15.3. The van der Waals surface area contributed by atoms with Crippen LogP contribution in [0.1, 0.15) is 20.3 Å². The highest BCUT2D eigenvalue weighted by Gasteiger charge is 2.16. The van der Waals surface area contributed by atoms with Gasteiger partial charge in [-0.15, -0.1) is 0 Å². The van der Waals surface area contributed by atoms with E-state index in [9.17, 15) is 14.3 Å². The fourth-order valence-corrected chi connectivity index (χ4v) is 1.89. The lowest BCUT2D eigenvalue weighted by molar-refractivity contribution is -0.116. The summed E-state index contributed by atoms with van der Waals surface area (Å²) < 4.78 is 12.9. The van der Waals surface area contributed by atoms with Crippen molar-refractivity contribution in [2.24, 2.45) is 0 Å². The summed E-state index contributed by atoms with van der Waals surface area (Å²) in [5.41, 5.74) is 5.41. The number of nitrogen functional groups attached to an aromatic ring is 1. The van der Waals surface area contributed by atoms with Gasteiger partial charge in [0.05, 0.1) is 17.0 Å². The molecular weight excluding hydrogens is 261 g/mol. The van der Waals surface area contributed by atoms with E-state index in [-0.39, 0.29) is 18.0 Å². The van der Waals surface area contributed by atoms with Crippen LogP contribution in [-0.2, 0) is 4.79 Å². The molecule has 0 radical (unpaired) electrons. The summed E-state index contributed by atoms with van der Waals surface area (Å²) in [5, 5.41) is 12.3. The molecule has 4 N–H and O–H groups in total. The molecule has 0 fully saturated rings. The number of aliphatic hydroxyl groups is 1. The highest BCUT2D eigenvalue weighted by molar-refractivity contribution is 5.93. The molecule has 0 aliphatic heterocycles. The number of hydrogen-bond donors (Lipinski definition) is 3. The van der Waals surface area contributed by atoms with Gasteiger partial charge in [-0.2, -0.15) is 0 Å². The number of nitrogens with two attached hydrogens (primary N) is 1. The van der Waals surface area contributed by atoms with Gasteiger partial charge in [0.25, 0.3) is 0 Å². The predicted molar refractivity (Wildman–Crippen MR) is 77.9 cm³/mol. The summed E-state index contributed by atoms with van der Waals surface area (Å²) in [6.07, 6.45) is 0.267. The lowest BCUT2D eigenvalue weighted by Crippen LogP contribution is -2.37. The number of nitrogens with zero attached hydrogens (tertiary/aromatic N) is 1. The maximum atomic E-state index is 12.9. The Morgan fingerprint density at radius 2 is 2.15 bits per heavy atom. The topological polar surface area (TPSA) is 78.6 Å². The number of rotatable bonds is 6. The minimum atomic E-state index is -0.799. The van der Waals surface area contributed by atoms with Crippen LogP contribution in [0.4, 0.5) is 15.8 Å². The van der Waals surface area contributed by atoms with E-state index in [1.165, 1.54) is 12.1 Å². The number of hydrogen-bond acceptors (Lipinski definition) is 4. The minimum absolute atomic E-state index is 0.197. The second-order valence-corrected chi connectivity index (χ2v) is 5.58. The number of likely N-dealkylation sites (N-methyl/N-ethyl adjacent to an activating group) is 1. The summed E-state index contributed by atoms with van der Waals surface area (Å²) in [6, 6.07) is 3.84. The summed E-state index contributed by atoms with van der Waals surface area (Å²) in [6.45, 7) is 4.40. The number of nitrogens with one attached hydrogen (secondary N) is 1. The lowest BCUT2D eigenvalue weighted by atomic mass is 10.1. The Balaban J connectivity index is 2.44. The van der Waals surface area contributed by atoms with Crippen LogP contribution in [0.3, 0.4) is 0 Å². The molecule has 5 nitrogen and oxygen atoms in total. The van der Waals surface area contributed by atoms with E-state index in [2.05, 4.69) is 5.32 Å². The molecule has 0 aromatic heterocycles. The highest BCUT2D eigenvalue weighted by Crippen LogP contribution is 2.19. The van der Waals surface area contributed by atoms with Gasteiger partial charge in [-0.05, 0) is 39.1 Å². The van der Waals surface area contributed by atoms with E-state index >= 15 is 0 Å². The Kier molecular flexibility index (Phi) is 5.47. The standard InChI is InChI=1S/C14H22FN3O2/c1-14(2,20)9-18(3)7-6-13(19)17-12-5-4-10(15)8-11(12)16/h4-5,8,20H,6-7,9,16H2,1-3H3,(H,17,19). The van der Waals surface area contributed by atoms with Crippen LogP contribution >= 0.6 is 0 Å². The molecule has 0 aliphatic carbocycles. The Morgan fingerprint density at radius 3 is 2.70 bits per heavy atom. The van der Waals surface area contributed by atoms with Crippen LogP contribution in [-0.4, -0.2) is 41.7 Å². The molecule has 112 valence electrons. The maximum Gasteiger partial charge on any atom is 0.225 e. The number of carbonyl (C=O) groups excluding carboxylic acids is 1. The lowest BCUT2D eigenvalue weighted by Gasteiger charge is -2.25. The summed E-state index contributed by atoms with van der Waals surface area (Å²) >= 11 is 0. The first-order chi connectivity index (χ1) is 9.17. The van der Waals surface area contributed by atoms with Crippen molar-refractivity contribution >= 4 is 17.3 Å². The van der Waals surface area contributed by atoms with Crippen molar-refractivity contribution in [2.45, 2.75) is 25.9 Å². The Bertz CT molecular complexity index is 472. The summed E-state index contributed by atoms with van der Waals surface area (Å²) in [7, 11) is 1.83. The van der Waals surface area contributed by atoms with Crippen molar-refractivity contribution in [1.29, 1.82) is 0 Å². The smallest absolute Gasteiger partial charge is 0.225 e. The van der Waals surface area contributed by atoms with Crippen LogP contribution in [0.2, 0.25) is 0 Å². The van der Waals surface area contributed by atoms with E-state index in [1.54, 1.807) is 13.8 Å². The van der Waals surface area contributed by atoms with Crippen LogP contribution < -0.4 is 11.1 Å². The van der Waals surface area contributed by atoms with E-state index in [0.29, 0.717) is 18.8 Å². The van der Waals surface area contributed by atoms with Gasteiger partial charge in [0.1, 0.15) is 5.82 Å². The summed E-state index contributed by atoms with van der Waals surface area (Å²) in [5.74, 6) is -0.642. The van der Waals surface area contributed by atoms with Crippen LogP contribution in [0.5, 0.6) is 0 Å². The van der Waals surface area contributed by atoms with Gasteiger partial charge in [0.15, 0.2) is 0 Å². The molecule has 0 unspecified atom stereocenters. The monoisotopic (exact) mass is 283 g/mol. The maximum absolute atomic E-state index is 12.9. The van der Waals surface area contributed by atoms with Crippen molar-refractivity contribution in [2.75, 3.05) is 31.2 Å².